The molecule has 0 fully saturated rings. The summed E-state index contributed by atoms with van der Waals surface area (Å²) in [5, 5.41) is 6.99. The van der Waals surface area contributed by atoms with Gasteiger partial charge >= 0.3 is 0 Å². The summed E-state index contributed by atoms with van der Waals surface area (Å²) in [6, 6.07) is 4.29. The van der Waals surface area contributed by atoms with Crippen LogP contribution < -0.4 is 5.73 Å². The first-order valence-corrected chi connectivity index (χ1v) is 3.70. The first kappa shape index (κ1) is 8.20. The van der Waals surface area contributed by atoms with Gasteiger partial charge in [0.15, 0.2) is 0 Å². The number of nitrogens with two attached hydrogens (primary N) is 1. The van der Waals surface area contributed by atoms with Crippen molar-refractivity contribution in [2.45, 2.75) is 0 Å². The minimum absolute atomic E-state index is 0.124. The van der Waals surface area contributed by atoms with Gasteiger partial charge in [0.1, 0.15) is 11.7 Å². The Morgan fingerprint density at radius 1 is 1.55 bits per heavy atom. The van der Waals surface area contributed by atoms with Gasteiger partial charge in [-0.2, -0.15) is 0 Å². The molecule has 4 heteroatoms. The highest BCUT2D eigenvalue weighted by molar-refractivity contribution is 9.10. The molecule has 0 heterocycles. The van der Waals surface area contributed by atoms with Crippen LogP contribution in [0.25, 0.3) is 0 Å². The first-order chi connectivity index (χ1) is 5.11. The van der Waals surface area contributed by atoms with Gasteiger partial charge in [-0.1, -0.05) is 15.9 Å². The lowest BCUT2D eigenvalue weighted by atomic mass is 10.2. The van der Waals surface area contributed by atoms with Crippen LogP contribution in [-0.2, 0) is 0 Å². The van der Waals surface area contributed by atoms with Crippen LogP contribution in [0.5, 0.6) is 0 Å². The second-order valence-corrected chi connectivity index (χ2v) is 2.95. The van der Waals surface area contributed by atoms with Crippen molar-refractivity contribution in [3.63, 3.8) is 0 Å². The molecule has 0 atom stereocenters. The molecule has 2 nitrogen and oxygen atoms in total. The summed E-state index contributed by atoms with van der Waals surface area (Å²) >= 11 is 3.15. The molecule has 11 heavy (non-hydrogen) atoms. The number of halogens is 2. The van der Waals surface area contributed by atoms with Crippen molar-refractivity contribution in [1.82, 2.24) is 0 Å². The van der Waals surface area contributed by atoms with Gasteiger partial charge in [0.05, 0.1) is 5.56 Å². The van der Waals surface area contributed by atoms with E-state index >= 15 is 0 Å². The largest absolute Gasteiger partial charge is 0.384 e. The number of hydrogen-bond donors (Lipinski definition) is 2. The van der Waals surface area contributed by atoms with Gasteiger partial charge in [-0.25, -0.2) is 4.39 Å². The van der Waals surface area contributed by atoms with E-state index in [1.807, 2.05) is 0 Å². The third kappa shape index (κ3) is 1.77. The Hall–Kier alpha value is -0.900. The van der Waals surface area contributed by atoms with E-state index in [1.165, 1.54) is 12.1 Å². The number of hydrogen-bond acceptors (Lipinski definition) is 1. The highest BCUT2D eigenvalue weighted by Gasteiger charge is 2.03. The van der Waals surface area contributed by atoms with Crippen molar-refractivity contribution < 1.29 is 4.39 Å². The van der Waals surface area contributed by atoms with Crippen molar-refractivity contribution in [3.05, 3.63) is 34.1 Å². The van der Waals surface area contributed by atoms with Crippen LogP contribution >= 0.6 is 15.9 Å². The Labute approximate surface area is 71.9 Å². The molecule has 0 aliphatic carbocycles. The fourth-order valence-electron chi connectivity index (χ4n) is 0.704. The van der Waals surface area contributed by atoms with Gasteiger partial charge in [0.25, 0.3) is 0 Å². The SMILES string of the molecule is N=C(N)c1cc(Br)ccc1F. The lowest BCUT2D eigenvalue weighted by Crippen LogP contribution is -2.12. The molecule has 0 aliphatic rings. The Morgan fingerprint density at radius 2 is 2.18 bits per heavy atom. The van der Waals surface area contributed by atoms with Crippen molar-refractivity contribution in [1.29, 1.82) is 5.41 Å². The summed E-state index contributed by atoms with van der Waals surface area (Å²) in [5.41, 5.74) is 5.23. The Balaban J connectivity index is 3.23. The molecule has 0 saturated carbocycles. The lowest BCUT2D eigenvalue weighted by Gasteiger charge is -1.99. The third-order valence-electron chi connectivity index (χ3n) is 1.22. The Morgan fingerprint density at radius 3 is 2.64 bits per heavy atom. The normalized spacial score (nSPS) is 9.64. The van der Waals surface area contributed by atoms with Crippen LogP contribution in [-0.4, -0.2) is 5.84 Å². The van der Waals surface area contributed by atoms with Gasteiger partial charge in [-0.3, -0.25) is 5.41 Å². The molecule has 0 amide bonds. The van der Waals surface area contributed by atoms with Gasteiger partial charge in [0, 0.05) is 4.47 Å². The summed E-state index contributed by atoms with van der Waals surface area (Å²) in [5.74, 6) is -0.732. The molecule has 0 aliphatic heterocycles. The molecule has 3 N–H and O–H groups in total. The first-order valence-electron chi connectivity index (χ1n) is 2.90. The van der Waals surface area contributed by atoms with Crippen molar-refractivity contribution in [2.24, 2.45) is 5.73 Å². The van der Waals surface area contributed by atoms with E-state index in [-0.39, 0.29) is 11.4 Å². The number of rotatable bonds is 1. The quantitative estimate of drug-likeness (QED) is 0.547. The van der Waals surface area contributed by atoms with E-state index in [2.05, 4.69) is 15.9 Å². The monoisotopic (exact) mass is 216 g/mol. The van der Waals surface area contributed by atoms with Crippen LogP contribution in [0.15, 0.2) is 22.7 Å². The Bertz CT molecular complexity index is 298. The lowest BCUT2D eigenvalue weighted by molar-refractivity contribution is 0.624. The van der Waals surface area contributed by atoms with Crippen molar-refractivity contribution in [2.75, 3.05) is 0 Å². The van der Waals surface area contributed by atoms with Gasteiger partial charge < -0.3 is 5.73 Å². The summed E-state index contributed by atoms with van der Waals surface area (Å²) < 4.78 is 13.5. The van der Waals surface area contributed by atoms with E-state index in [0.717, 1.165) is 0 Å². The maximum absolute atomic E-state index is 12.8. The maximum Gasteiger partial charge on any atom is 0.134 e. The van der Waals surface area contributed by atoms with Crippen LogP contribution in [0.2, 0.25) is 0 Å². The molecule has 0 saturated heterocycles. The molecule has 58 valence electrons. The molecular formula is C7H6BrFN2. The second-order valence-electron chi connectivity index (χ2n) is 2.04. The average Bonchev–Trinajstić information content (AvgIpc) is 1.94. The molecule has 1 rings (SSSR count). The zero-order valence-electron chi connectivity index (χ0n) is 5.57. The Kier molecular flexibility index (Phi) is 2.24. The molecule has 1 aromatic carbocycles. The van der Waals surface area contributed by atoms with E-state index < -0.39 is 5.82 Å². The topological polar surface area (TPSA) is 49.9 Å². The summed E-state index contributed by atoms with van der Waals surface area (Å²) in [7, 11) is 0. The summed E-state index contributed by atoms with van der Waals surface area (Å²) in [6.07, 6.45) is 0. The standard InChI is InChI=1S/C7H6BrFN2/c8-4-1-2-6(9)5(3-4)7(10)11/h1-3H,(H3,10,11). The molecular weight excluding hydrogens is 211 g/mol. The van der Waals surface area contributed by atoms with E-state index in [1.54, 1.807) is 6.07 Å². The summed E-state index contributed by atoms with van der Waals surface area (Å²) in [4.78, 5) is 0. The number of amidine groups is 1. The minimum Gasteiger partial charge on any atom is -0.384 e. The van der Waals surface area contributed by atoms with Gasteiger partial charge in [0.2, 0.25) is 0 Å². The molecule has 0 unspecified atom stereocenters. The van der Waals surface area contributed by atoms with Crippen molar-refractivity contribution in [3.8, 4) is 0 Å². The zero-order valence-corrected chi connectivity index (χ0v) is 7.15. The van der Waals surface area contributed by atoms with Gasteiger partial charge in [-0.15, -0.1) is 0 Å². The van der Waals surface area contributed by atoms with Crippen LogP contribution in [0.1, 0.15) is 5.56 Å². The fourth-order valence-corrected chi connectivity index (χ4v) is 1.06. The summed E-state index contributed by atoms with van der Waals surface area (Å²) in [6.45, 7) is 0. The maximum atomic E-state index is 12.8. The highest BCUT2D eigenvalue weighted by atomic mass is 79.9. The average molecular weight is 217 g/mol. The molecule has 0 radical (unpaired) electrons. The van der Waals surface area contributed by atoms with E-state index in [0.29, 0.717) is 4.47 Å². The molecule has 0 aromatic heterocycles. The highest BCUT2D eigenvalue weighted by Crippen LogP contribution is 2.14. The van der Waals surface area contributed by atoms with E-state index in [4.69, 9.17) is 11.1 Å². The van der Waals surface area contributed by atoms with Crippen LogP contribution in [0, 0.1) is 11.2 Å². The molecule has 1 aromatic rings. The van der Waals surface area contributed by atoms with Crippen LogP contribution in [0.4, 0.5) is 4.39 Å². The van der Waals surface area contributed by atoms with Gasteiger partial charge in [-0.05, 0) is 18.2 Å². The number of nitrogen functional groups attached to an aromatic ring is 1. The van der Waals surface area contributed by atoms with Crippen molar-refractivity contribution >= 4 is 21.8 Å². The third-order valence-corrected chi connectivity index (χ3v) is 1.71. The molecule has 0 bridgehead atoms. The fraction of sp³-hybridized carbons (Fsp3) is 0. The predicted molar refractivity (Wildman–Crippen MR) is 45.1 cm³/mol. The number of nitrogens with one attached hydrogen (secondary N) is 1. The second kappa shape index (κ2) is 3.00. The number of benzene rings is 1. The smallest absolute Gasteiger partial charge is 0.134 e. The molecule has 0 spiro atoms. The zero-order chi connectivity index (χ0) is 8.43. The van der Waals surface area contributed by atoms with E-state index in [9.17, 15) is 4.39 Å². The predicted octanol–water partition coefficient (Wildman–Crippen LogP) is 1.87. The van der Waals surface area contributed by atoms with Crippen LogP contribution in [0.3, 0.4) is 0 Å². The minimum atomic E-state index is -0.472.